The minimum absolute atomic E-state index is 0.119. The van der Waals surface area contributed by atoms with E-state index in [-0.39, 0.29) is 11.5 Å². The summed E-state index contributed by atoms with van der Waals surface area (Å²) in [6, 6.07) is 24.4. The van der Waals surface area contributed by atoms with Gasteiger partial charge < -0.3 is 10.4 Å². The number of allylic oxidation sites excluding steroid dienone is 1. The van der Waals surface area contributed by atoms with Gasteiger partial charge in [0.05, 0.1) is 15.7 Å². The molecule has 2 atom stereocenters. The van der Waals surface area contributed by atoms with Gasteiger partial charge in [-0.1, -0.05) is 102 Å². The lowest BCUT2D eigenvalue weighted by Crippen LogP contribution is -2.44. The topological polar surface area (TPSA) is 79.3 Å². The molecule has 8 heteroatoms. The van der Waals surface area contributed by atoms with Crippen LogP contribution in [0.25, 0.3) is 11.3 Å². The van der Waals surface area contributed by atoms with Crippen LogP contribution in [-0.2, 0) is 21.4 Å². The number of carbonyl (C=O) groups is 2. The lowest BCUT2D eigenvalue weighted by atomic mass is 9.75. The zero-order chi connectivity index (χ0) is 27.4. The maximum atomic E-state index is 13.9. The van der Waals surface area contributed by atoms with Crippen LogP contribution in [0.3, 0.4) is 0 Å². The lowest BCUT2D eigenvalue weighted by Gasteiger charge is -2.30. The van der Waals surface area contributed by atoms with Crippen LogP contribution in [0, 0.1) is 0 Å². The van der Waals surface area contributed by atoms with E-state index in [1.807, 2.05) is 66.0 Å². The molecule has 5 rings (SSSR count). The highest BCUT2D eigenvalue weighted by molar-refractivity contribution is 7.10. The van der Waals surface area contributed by atoms with E-state index in [0.717, 1.165) is 16.7 Å². The minimum Gasteiger partial charge on any atom is -0.478 e. The summed E-state index contributed by atoms with van der Waals surface area (Å²) in [6.07, 6.45) is 5.74. The van der Waals surface area contributed by atoms with Crippen molar-refractivity contribution < 1.29 is 14.7 Å². The van der Waals surface area contributed by atoms with Gasteiger partial charge in [0, 0.05) is 29.0 Å². The number of thiazole rings is 1. The van der Waals surface area contributed by atoms with Gasteiger partial charge in [-0.3, -0.25) is 4.79 Å². The first kappa shape index (κ1) is 26.9. The highest BCUT2D eigenvalue weighted by atomic mass is 35.5. The molecule has 4 aromatic rings. The number of aromatic nitrogens is 1. The Morgan fingerprint density at radius 3 is 2.38 bits per heavy atom. The number of benzene rings is 3. The molecule has 0 fully saturated rings. The van der Waals surface area contributed by atoms with Gasteiger partial charge in [0.25, 0.3) is 0 Å². The molecule has 0 bridgehead atoms. The second kappa shape index (κ2) is 11.6. The van der Waals surface area contributed by atoms with E-state index in [1.54, 1.807) is 36.4 Å². The molecule has 1 aliphatic rings. The standard InChI is InChI=1S/C31H24Cl2N2O3S/c32-25-12-11-22(17-26(25)33)27-19-39-30(35-27)31(29(38)34-16-14-20-7-3-1-4-8-20)15-13-23(24(18-31)28(36)37)21-9-5-2-6-10-21/h1-13,15,17-19,23H,14,16H2,(H,34,38)(H,36,37). The highest BCUT2D eigenvalue weighted by Gasteiger charge is 2.43. The Morgan fingerprint density at radius 1 is 0.974 bits per heavy atom. The Balaban J connectivity index is 1.53. The van der Waals surface area contributed by atoms with Gasteiger partial charge in [-0.15, -0.1) is 11.3 Å². The summed E-state index contributed by atoms with van der Waals surface area (Å²) in [5.41, 5.74) is 2.01. The molecular formula is C31H24Cl2N2O3S. The summed E-state index contributed by atoms with van der Waals surface area (Å²) >= 11 is 13.6. The molecule has 196 valence electrons. The molecule has 1 amide bonds. The number of amides is 1. The average molecular weight is 576 g/mol. The number of nitrogens with one attached hydrogen (secondary N) is 1. The predicted molar refractivity (Wildman–Crippen MR) is 156 cm³/mol. The number of hydrogen-bond donors (Lipinski definition) is 2. The molecule has 39 heavy (non-hydrogen) atoms. The summed E-state index contributed by atoms with van der Waals surface area (Å²) in [4.78, 5) is 31.2. The number of hydrogen-bond acceptors (Lipinski definition) is 4. The third kappa shape index (κ3) is 5.69. The van der Waals surface area contributed by atoms with E-state index in [9.17, 15) is 14.7 Å². The Kier molecular flexibility index (Phi) is 7.98. The molecule has 1 aromatic heterocycles. The number of aliphatic carboxylic acids is 1. The third-order valence-electron chi connectivity index (χ3n) is 6.67. The van der Waals surface area contributed by atoms with E-state index < -0.39 is 17.3 Å². The van der Waals surface area contributed by atoms with E-state index in [2.05, 4.69) is 5.32 Å². The number of rotatable bonds is 8. The molecule has 1 heterocycles. The first-order valence-corrected chi connectivity index (χ1v) is 13.9. The Hall–Kier alpha value is -3.71. The van der Waals surface area contributed by atoms with Crippen LogP contribution in [-0.4, -0.2) is 28.5 Å². The monoisotopic (exact) mass is 574 g/mol. The highest BCUT2D eigenvalue weighted by Crippen LogP contribution is 2.42. The third-order valence-corrected chi connectivity index (χ3v) is 8.40. The largest absolute Gasteiger partial charge is 0.478 e. The number of halogens is 2. The molecule has 5 nitrogen and oxygen atoms in total. The van der Waals surface area contributed by atoms with Crippen molar-refractivity contribution in [2.24, 2.45) is 0 Å². The van der Waals surface area contributed by atoms with Crippen LogP contribution in [0.1, 0.15) is 22.1 Å². The second-order valence-electron chi connectivity index (χ2n) is 9.18. The number of carboxylic acid groups (broad SMARTS) is 1. The molecule has 1 aliphatic carbocycles. The quantitative estimate of drug-likeness (QED) is 0.220. The van der Waals surface area contributed by atoms with Gasteiger partial charge in [0.2, 0.25) is 5.91 Å². The van der Waals surface area contributed by atoms with Crippen molar-refractivity contribution in [3.63, 3.8) is 0 Å². The van der Waals surface area contributed by atoms with E-state index in [4.69, 9.17) is 28.2 Å². The number of carbonyl (C=O) groups excluding carboxylic acids is 1. The van der Waals surface area contributed by atoms with Crippen LogP contribution in [0.5, 0.6) is 0 Å². The molecule has 0 aliphatic heterocycles. The fourth-order valence-electron chi connectivity index (χ4n) is 4.62. The molecular weight excluding hydrogens is 551 g/mol. The summed E-state index contributed by atoms with van der Waals surface area (Å²) in [5, 5.41) is 16.4. The second-order valence-corrected chi connectivity index (χ2v) is 10.9. The number of nitrogens with zero attached hydrogens (tertiary/aromatic N) is 1. The fourth-order valence-corrected chi connectivity index (χ4v) is 5.89. The summed E-state index contributed by atoms with van der Waals surface area (Å²) < 4.78 is 0. The fraction of sp³-hybridized carbons (Fsp3) is 0.129. The summed E-state index contributed by atoms with van der Waals surface area (Å²) in [5.74, 6) is -1.92. The van der Waals surface area contributed by atoms with Gasteiger partial charge >= 0.3 is 5.97 Å². The van der Waals surface area contributed by atoms with Crippen LogP contribution >= 0.6 is 34.5 Å². The first-order valence-electron chi connectivity index (χ1n) is 12.3. The van der Waals surface area contributed by atoms with Crippen LogP contribution in [0.15, 0.2) is 108 Å². The van der Waals surface area contributed by atoms with Crippen molar-refractivity contribution in [1.29, 1.82) is 0 Å². The van der Waals surface area contributed by atoms with Gasteiger partial charge in [-0.25, -0.2) is 9.78 Å². The Morgan fingerprint density at radius 2 is 1.69 bits per heavy atom. The van der Waals surface area contributed by atoms with Crippen molar-refractivity contribution in [1.82, 2.24) is 10.3 Å². The maximum Gasteiger partial charge on any atom is 0.332 e. The van der Waals surface area contributed by atoms with E-state index in [0.29, 0.717) is 33.7 Å². The van der Waals surface area contributed by atoms with Crippen molar-refractivity contribution in [2.75, 3.05) is 6.54 Å². The van der Waals surface area contributed by atoms with Crippen molar-refractivity contribution >= 4 is 46.4 Å². The van der Waals surface area contributed by atoms with Gasteiger partial charge in [-0.05, 0) is 35.8 Å². The molecule has 0 radical (unpaired) electrons. The Bertz CT molecular complexity index is 1570. The zero-order valence-electron chi connectivity index (χ0n) is 20.7. The normalized spacial score (nSPS) is 18.4. The number of carboxylic acids is 1. The van der Waals surface area contributed by atoms with E-state index >= 15 is 0 Å². The Labute approximate surface area is 240 Å². The smallest absolute Gasteiger partial charge is 0.332 e. The zero-order valence-corrected chi connectivity index (χ0v) is 23.0. The molecule has 2 unspecified atom stereocenters. The lowest BCUT2D eigenvalue weighted by molar-refractivity contribution is -0.132. The van der Waals surface area contributed by atoms with Crippen molar-refractivity contribution in [3.8, 4) is 11.3 Å². The van der Waals surface area contributed by atoms with E-state index in [1.165, 1.54) is 11.3 Å². The minimum atomic E-state index is -1.39. The summed E-state index contributed by atoms with van der Waals surface area (Å²) in [7, 11) is 0. The first-order chi connectivity index (χ1) is 18.9. The molecule has 0 saturated heterocycles. The predicted octanol–water partition coefficient (Wildman–Crippen LogP) is 7.08. The van der Waals surface area contributed by atoms with Crippen LogP contribution in [0.4, 0.5) is 0 Å². The maximum absolute atomic E-state index is 13.9. The van der Waals surface area contributed by atoms with Gasteiger partial charge in [0.15, 0.2) is 0 Å². The van der Waals surface area contributed by atoms with Crippen LogP contribution in [0.2, 0.25) is 10.0 Å². The molecule has 2 N–H and O–H groups in total. The molecule has 0 spiro atoms. The van der Waals surface area contributed by atoms with Gasteiger partial charge in [0.1, 0.15) is 10.4 Å². The molecule has 3 aromatic carbocycles. The van der Waals surface area contributed by atoms with Crippen molar-refractivity contribution in [3.05, 3.63) is 134 Å². The SMILES string of the molecule is O=C(O)C1=CC(C(=O)NCCc2ccccc2)(c2nc(-c3ccc(Cl)c(Cl)c3)cs2)C=CC1c1ccccc1. The summed E-state index contributed by atoms with van der Waals surface area (Å²) in [6.45, 7) is 0.391. The van der Waals surface area contributed by atoms with Crippen LogP contribution < -0.4 is 5.32 Å². The van der Waals surface area contributed by atoms with Crippen molar-refractivity contribution in [2.45, 2.75) is 17.8 Å². The molecule has 0 saturated carbocycles. The van der Waals surface area contributed by atoms with Gasteiger partial charge in [-0.2, -0.15) is 0 Å². The average Bonchev–Trinajstić information content (AvgIpc) is 3.46.